The van der Waals surface area contributed by atoms with E-state index in [0.29, 0.717) is 4.47 Å². The molecule has 1 fully saturated rings. The van der Waals surface area contributed by atoms with Gasteiger partial charge >= 0.3 is 0 Å². The highest BCUT2D eigenvalue weighted by Crippen LogP contribution is 2.28. The van der Waals surface area contributed by atoms with Gasteiger partial charge in [0.1, 0.15) is 5.82 Å². The number of rotatable bonds is 1. The van der Waals surface area contributed by atoms with E-state index >= 15 is 0 Å². The van der Waals surface area contributed by atoms with Gasteiger partial charge in [-0.1, -0.05) is 0 Å². The van der Waals surface area contributed by atoms with Gasteiger partial charge in [0.25, 0.3) is 0 Å². The van der Waals surface area contributed by atoms with Gasteiger partial charge in [-0.15, -0.1) is 0 Å². The van der Waals surface area contributed by atoms with Gasteiger partial charge in [0, 0.05) is 12.0 Å². The van der Waals surface area contributed by atoms with Crippen molar-refractivity contribution in [2.24, 2.45) is 0 Å². The van der Waals surface area contributed by atoms with Crippen molar-refractivity contribution in [3.63, 3.8) is 0 Å². The highest BCUT2D eigenvalue weighted by Gasteiger charge is 2.19. The van der Waals surface area contributed by atoms with Gasteiger partial charge in [-0.3, -0.25) is 0 Å². The highest BCUT2D eigenvalue weighted by molar-refractivity contribution is 9.10. The van der Waals surface area contributed by atoms with Crippen LogP contribution in [0.5, 0.6) is 0 Å². The van der Waals surface area contributed by atoms with Crippen LogP contribution in [0.1, 0.15) is 25.5 Å². The Hall–Kier alpha value is -0.940. The largest absolute Gasteiger partial charge is 0.356 e. The second-order valence-electron chi connectivity index (χ2n) is 4.24. The third-order valence-corrected chi connectivity index (χ3v) is 3.67. The number of fused-ring (bicyclic) bond motifs is 1. The lowest BCUT2D eigenvalue weighted by Crippen LogP contribution is -2.18. The zero-order valence-corrected chi connectivity index (χ0v) is 10.8. The van der Waals surface area contributed by atoms with Gasteiger partial charge in [-0.2, -0.15) is 5.10 Å². The Balaban J connectivity index is 2.07. The van der Waals surface area contributed by atoms with Gasteiger partial charge in [-0.05, 0) is 47.3 Å². The van der Waals surface area contributed by atoms with Crippen LogP contribution >= 0.6 is 15.9 Å². The summed E-state index contributed by atoms with van der Waals surface area (Å²) in [4.78, 5) is 0. The quantitative estimate of drug-likeness (QED) is 0.804. The van der Waals surface area contributed by atoms with Crippen LogP contribution in [-0.4, -0.2) is 16.4 Å². The number of benzene rings is 1. The molecule has 5 heteroatoms. The number of hydrogen-bond acceptors (Lipinski definition) is 2. The zero-order chi connectivity index (χ0) is 11.8. The minimum Gasteiger partial charge on any atom is -0.356 e. The molecule has 0 radical (unpaired) electrons. The molecular formula is C12H12BrFN2O. The molecule has 2 heterocycles. The Morgan fingerprint density at radius 2 is 2.29 bits per heavy atom. The van der Waals surface area contributed by atoms with Crippen LogP contribution in [0.15, 0.2) is 22.8 Å². The normalized spacial score (nSPS) is 20.9. The number of hydrogen-bond donors (Lipinski definition) is 0. The van der Waals surface area contributed by atoms with Crippen LogP contribution in [0.25, 0.3) is 10.9 Å². The van der Waals surface area contributed by atoms with Crippen molar-refractivity contribution in [2.75, 3.05) is 6.61 Å². The molecule has 90 valence electrons. The van der Waals surface area contributed by atoms with Crippen molar-refractivity contribution in [3.8, 4) is 0 Å². The number of ether oxygens (including phenoxy) is 1. The molecule has 17 heavy (non-hydrogen) atoms. The van der Waals surface area contributed by atoms with Gasteiger partial charge in [0.15, 0.2) is 6.23 Å². The summed E-state index contributed by atoms with van der Waals surface area (Å²) in [6.45, 7) is 0.772. The summed E-state index contributed by atoms with van der Waals surface area (Å²) >= 11 is 3.20. The molecule has 0 spiro atoms. The Kier molecular flexibility index (Phi) is 2.88. The van der Waals surface area contributed by atoms with Crippen LogP contribution in [0, 0.1) is 5.82 Å². The van der Waals surface area contributed by atoms with Gasteiger partial charge < -0.3 is 4.74 Å². The lowest BCUT2D eigenvalue weighted by Gasteiger charge is -2.23. The summed E-state index contributed by atoms with van der Waals surface area (Å²) in [6.07, 6.45) is 4.88. The second kappa shape index (κ2) is 4.38. The van der Waals surface area contributed by atoms with E-state index in [2.05, 4.69) is 21.0 Å². The summed E-state index contributed by atoms with van der Waals surface area (Å²) in [5.41, 5.74) is 0.908. The third kappa shape index (κ3) is 1.98. The summed E-state index contributed by atoms with van der Waals surface area (Å²) in [7, 11) is 0. The average Bonchev–Trinajstić information content (AvgIpc) is 2.74. The van der Waals surface area contributed by atoms with Crippen molar-refractivity contribution < 1.29 is 9.13 Å². The topological polar surface area (TPSA) is 27.1 Å². The molecule has 0 aliphatic carbocycles. The molecule has 0 N–H and O–H groups in total. The van der Waals surface area contributed by atoms with Crippen molar-refractivity contribution in [1.29, 1.82) is 0 Å². The fourth-order valence-electron chi connectivity index (χ4n) is 2.19. The summed E-state index contributed by atoms with van der Waals surface area (Å²) in [5, 5.41) is 5.11. The molecule has 1 aromatic carbocycles. The van der Waals surface area contributed by atoms with Crippen LogP contribution in [0.3, 0.4) is 0 Å². The summed E-state index contributed by atoms with van der Waals surface area (Å²) < 4.78 is 21.4. The standard InChI is InChI=1S/C12H12BrFN2O/c13-9-6-11-8(5-10(9)14)7-15-16(11)12-3-1-2-4-17-12/h5-7,12H,1-4H2/t12-/m0/s1. The molecular weight excluding hydrogens is 287 g/mol. The monoisotopic (exact) mass is 298 g/mol. The first-order valence-corrected chi connectivity index (χ1v) is 6.49. The van der Waals surface area contributed by atoms with Crippen LogP contribution in [0.4, 0.5) is 4.39 Å². The summed E-state index contributed by atoms with van der Waals surface area (Å²) in [5.74, 6) is -0.262. The molecule has 1 saturated heterocycles. The van der Waals surface area contributed by atoms with Crippen molar-refractivity contribution in [3.05, 3.63) is 28.6 Å². The molecule has 2 aromatic rings. The van der Waals surface area contributed by atoms with E-state index in [1.807, 2.05) is 4.68 Å². The smallest absolute Gasteiger partial charge is 0.150 e. The Labute approximate surface area is 107 Å². The van der Waals surface area contributed by atoms with E-state index in [-0.39, 0.29) is 12.0 Å². The zero-order valence-electron chi connectivity index (χ0n) is 9.20. The first kappa shape index (κ1) is 11.2. The van der Waals surface area contributed by atoms with E-state index in [4.69, 9.17) is 4.74 Å². The molecule has 1 atom stereocenters. The fourth-order valence-corrected chi connectivity index (χ4v) is 2.52. The second-order valence-corrected chi connectivity index (χ2v) is 5.09. The first-order chi connectivity index (χ1) is 8.25. The Morgan fingerprint density at radius 3 is 3.06 bits per heavy atom. The molecule has 1 aliphatic heterocycles. The van der Waals surface area contributed by atoms with Crippen LogP contribution < -0.4 is 0 Å². The van der Waals surface area contributed by atoms with Gasteiger partial charge in [0.2, 0.25) is 0 Å². The van der Waals surface area contributed by atoms with Crippen LogP contribution in [-0.2, 0) is 4.74 Å². The number of halogens is 2. The molecule has 0 unspecified atom stereocenters. The molecule has 1 aliphatic rings. The van der Waals surface area contributed by atoms with E-state index in [1.165, 1.54) is 6.07 Å². The van der Waals surface area contributed by atoms with Gasteiger partial charge in [0.05, 0.1) is 16.2 Å². The van der Waals surface area contributed by atoms with Crippen molar-refractivity contribution >= 4 is 26.8 Å². The fraction of sp³-hybridized carbons (Fsp3) is 0.417. The predicted octanol–water partition coefficient (Wildman–Crippen LogP) is 3.64. The maximum Gasteiger partial charge on any atom is 0.150 e. The molecule has 3 nitrogen and oxygen atoms in total. The SMILES string of the molecule is Fc1cc2cnn([C@@H]3CCCCO3)c2cc1Br. The third-order valence-electron chi connectivity index (χ3n) is 3.07. The van der Waals surface area contributed by atoms with E-state index in [0.717, 1.165) is 36.8 Å². The predicted molar refractivity (Wildman–Crippen MR) is 66.2 cm³/mol. The Bertz CT molecular complexity index is 549. The van der Waals surface area contributed by atoms with Crippen LogP contribution in [0.2, 0.25) is 0 Å². The first-order valence-electron chi connectivity index (χ1n) is 5.69. The molecule has 0 bridgehead atoms. The minimum absolute atomic E-state index is 0.0152. The molecule has 3 rings (SSSR count). The van der Waals surface area contributed by atoms with Crippen molar-refractivity contribution in [2.45, 2.75) is 25.5 Å². The average molecular weight is 299 g/mol. The molecule has 1 aromatic heterocycles. The highest BCUT2D eigenvalue weighted by atomic mass is 79.9. The van der Waals surface area contributed by atoms with Crippen molar-refractivity contribution in [1.82, 2.24) is 9.78 Å². The minimum atomic E-state index is -0.262. The summed E-state index contributed by atoms with van der Waals surface area (Å²) in [6, 6.07) is 3.25. The lowest BCUT2D eigenvalue weighted by atomic mass is 10.2. The Morgan fingerprint density at radius 1 is 1.41 bits per heavy atom. The molecule has 0 saturated carbocycles. The van der Waals surface area contributed by atoms with E-state index < -0.39 is 0 Å². The molecule has 0 amide bonds. The van der Waals surface area contributed by atoms with E-state index in [9.17, 15) is 4.39 Å². The maximum absolute atomic E-state index is 13.4. The lowest BCUT2D eigenvalue weighted by molar-refractivity contribution is -0.0366. The van der Waals surface area contributed by atoms with E-state index in [1.54, 1.807) is 12.3 Å². The number of nitrogens with zero attached hydrogens (tertiary/aromatic N) is 2. The maximum atomic E-state index is 13.4. The number of aromatic nitrogens is 2. The van der Waals surface area contributed by atoms with Gasteiger partial charge in [-0.25, -0.2) is 9.07 Å².